The molecule has 0 aromatic carbocycles. The highest BCUT2D eigenvalue weighted by Crippen LogP contribution is 2.32. The quantitative estimate of drug-likeness (QED) is 0.710. The van der Waals surface area contributed by atoms with Gasteiger partial charge in [0, 0.05) is 18.0 Å². The van der Waals surface area contributed by atoms with Crippen molar-refractivity contribution >= 4 is 39.6 Å². The zero-order chi connectivity index (χ0) is 16.2. The minimum Gasteiger partial charge on any atom is -0.351 e. The summed E-state index contributed by atoms with van der Waals surface area (Å²) in [5.41, 5.74) is 6.34. The van der Waals surface area contributed by atoms with Gasteiger partial charge in [-0.15, -0.1) is 22.7 Å². The van der Waals surface area contributed by atoms with E-state index in [1.54, 1.807) is 11.4 Å². The topological polar surface area (TPSA) is 97.1 Å². The molecule has 1 atom stereocenters. The van der Waals surface area contributed by atoms with E-state index in [4.69, 9.17) is 5.73 Å². The maximum atomic E-state index is 12.0. The lowest BCUT2D eigenvalue weighted by molar-refractivity contribution is -0.121. The Labute approximate surface area is 142 Å². The first-order valence-electron chi connectivity index (χ1n) is 7.44. The number of thiazole rings is 1. The molecule has 1 saturated carbocycles. The zero-order valence-corrected chi connectivity index (χ0v) is 14.1. The normalized spacial score (nSPS) is 15.2. The molecule has 1 unspecified atom stereocenters. The molecule has 0 radical (unpaired) electrons. The Balaban J connectivity index is 1.52. The Morgan fingerprint density at radius 1 is 1.39 bits per heavy atom. The van der Waals surface area contributed by atoms with Crippen LogP contribution in [0.3, 0.4) is 0 Å². The van der Waals surface area contributed by atoms with Crippen molar-refractivity contribution in [2.45, 2.75) is 25.3 Å². The molecule has 0 saturated heterocycles. The Hall–Kier alpha value is -1.77. The molecule has 2 aromatic heterocycles. The molecule has 0 aliphatic heterocycles. The van der Waals surface area contributed by atoms with Gasteiger partial charge in [-0.25, -0.2) is 4.98 Å². The lowest BCUT2D eigenvalue weighted by Gasteiger charge is -2.15. The summed E-state index contributed by atoms with van der Waals surface area (Å²) in [6.45, 7) is 0.468. The number of nitrogens with one attached hydrogen (secondary N) is 2. The fourth-order valence-electron chi connectivity index (χ4n) is 2.30. The van der Waals surface area contributed by atoms with Crippen LogP contribution in [0.4, 0.5) is 5.13 Å². The number of thiophene rings is 1. The van der Waals surface area contributed by atoms with Gasteiger partial charge >= 0.3 is 0 Å². The number of hydrogen-bond donors (Lipinski definition) is 3. The van der Waals surface area contributed by atoms with Crippen LogP contribution in [-0.2, 0) is 11.2 Å². The van der Waals surface area contributed by atoms with E-state index in [1.807, 2.05) is 11.4 Å². The molecule has 4 N–H and O–H groups in total. The van der Waals surface area contributed by atoms with E-state index >= 15 is 0 Å². The maximum absolute atomic E-state index is 12.0. The Kier molecular flexibility index (Phi) is 5.04. The summed E-state index contributed by atoms with van der Waals surface area (Å²) in [6, 6.07) is 3.65. The van der Waals surface area contributed by atoms with Crippen LogP contribution in [0.1, 0.15) is 28.2 Å². The van der Waals surface area contributed by atoms with Crippen LogP contribution in [0.15, 0.2) is 22.9 Å². The van der Waals surface area contributed by atoms with Gasteiger partial charge in [-0.3, -0.25) is 14.9 Å². The van der Waals surface area contributed by atoms with Crippen molar-refractivity contribution in [3.63, 3.8) is 0 Å². The number of carbonyl (C=O) groups is 2. The Morgan fingerprint density at radius 3 is 2.87 bits per heavy atom. The molecular weight excluding hydrogens is 332 g/mol. The summed E-state index contributed by atoms with van der Waals surface area (Å²) in [4.78, 5) is 28.9. The Bertz CT molecular complexity index is 679. The lowest BCUT2D eigenvalue weighted by atomic mass is 10.2. The fourth-order valence-corrected chi connectivity index (χ4v) is 3.63. The second-order valence-electron chi connectivity index (χ2n) is 5.50. The molecule has 2 heterocycles. The van der Waals surface area contributed by atoms with Crippen LogP contribution >= 0.6 is 22.7 Å². The predicted octanol–water partition coefficient (Wildman–Crippen LogP) is 1.85. The number of anilines is 1. The maximum Gasteiger partial charge on any atom is 0.267 e. The molecule has 2 aromatic rings. The number of carbonyl (C=O) groups excluding carboxylic acids is 2. The fraction of sp³-hybridized carbons (Fsp3) is 0.400. The van der Waals surface area contributed by atoms with Gasteiger partial charge < -0.3 is 11.1 Å². The van der Waals surface area contributed by atoms with Crippen molar-refractivity contribution in [2.24, 2.45) is 11.7 Å². The number of nitrogens with zero attached hydrogens (tertiary/aromatic N) is 1. The number of hydrogen-bond acceptors (Lipinski definition) is 6. The van der Waals surface area contributed by atoms with E-state index in [9.17, 15) is 9.59 Å². The highest BCUT2D eigenvalue weighted by molar-refractivity contribution is 7.14. The molecule has 1 fully saturated rings. The number of amides is 2. The third-order valence-electron chi connectivity index (χ3n) is 3.65. The first kappa shape index (κ1) is 16.1. The smallest absolute Gasteiger partial charge is 0.267 e. The first-order valence-corrected chi connectivity index (χ1v) is 9.20. The van der Waals surface area contributed by atoms with Crippen molar-refractivity contribution in [2.75, 3.05) is 11.9 Å². The van der Waals surface area contributed by atoms with Crippen LogP contribution in [0, 0.1) is 5.92 Å². The van der Waals surface area contributed by atoms with Crippen LogP contribution in [0.5, 0.6) is 0 Å². The summed E-state index contributed by atoms with van der Waals surface area (Å²) < 4.78 is 0. The van der Waals surface area contributed by atoms with Crippen molar-refractivity contribution in [3.05, 3.63) is 33.5 Å². The van der Waals surface area contributed by atoms with Crippen LogP contribution in [-0.4, -0.2) is 29.4 Å². The molecule has 1 aliphatic carbocycles. The molecule has 1 aliphatic rings. The summed E-state index contributed by atoms with van der Waals surface area (Å²) in [5, 5.41) is 9.85. The van der Waals surface area contributed by atoms with Gasteiger partial charge in [0.25, 0.3) is 5.91 Å². The molecular formula is C15H18N4O2S2. The zero-order valence-electron chi connectivity index (χ0n) is 12.5. The van der Waals surface area contributed by atoms with E-state index in [1.165, 1.54) is 22.7 Å². The minimum atomic E-state index is -0.178. The second kappa shape index (κ2) is 7.20. The molecule has 3 rings (SSSR count). The molecule has 6 nitrogen and oxygen atoms in total. The second-order valence-corrected chi connectivity index (χ2v) is 7.31. The summed E-state index contributed by atoms with van der Waals surface area (Å²) in [7, 11) is 0. The van der Waals surface area contributed by atoms with Gasteiger partial charge in [0.15, 0.2) is 5.13 Å². The summed E-state index contributed by atoms with van der Waals surface area (Å²) in [6.07, 6.45) is 2.48. The average molecular weight is 350 g/mol. The minimum absolute atomic E-state index is 0.0686. The molecule has 23 heavy (non-hydrogen) atoms. The van der Waals surface area contributed by atoms with E-state index in [-0.39, 0.29) is 24.3 Å². The van der Waals surface area contributed by atoms with Gasteiger partial charge in [-0.05, 0) is 30.2 Å². The SMILES string of the molecule is NCC(NC(=O)Cc1csc(NC(=O)c2cccs2)n1)C1CC1. The summed E-state index contributed by atoms with van der Waals surface area (Å²) in [5.74, 6) is 0.274. The van der Waals surface area contributed by atoms with E-state index < -0.39 is 0 Å². The first-order chi connectivity index (χ1) is 11.2. The number of aromatic nitrogens is 1. The van der Waals surface area contributed by atoms with Gasteiger partial charge in [0.2, 0.25) is 5.91 Å². The molecule has 0 spiro atoms. The Morgan fingerprint density at radius 2 is 2.22 bits per heavy atom. The van der Waals surface area contributed by atoms with E-state index in [0.717, 1.165) is 12.8 Å². The van der Waals surface area contributed by atoms with Crippen molar-refractivity contribution in [1.82, 2.24) is 10.3 Å². The van der Waals surface area contributed by atoms with E-state index in [2.05, 4.69) is 15.6 Å². The lowest BCUT2D eigenvalue weighted by Crippen LogP contribution is -2.42. The number of rotatable bonds is 7. The van der Waals surface area contributed by atoms with Crippen LogP contribution in [0.25, 0.3) is 0 Å². The van der Waals surface area contributed by atoms with Crippen molar-refractivity contribution in [3.8, 4) is 0 Å². The highest BCUT2D eigenvalue weighted by Gasteiger charge is 2.31. The largest absolute Gasteiger partial charge is 0.351 e. The van der Waals surface area contributed by atoms with Gasteiger partial charge in [-0.1, -0.05) is 6.07 Å². The van der Waals surface area contributed by atoms with Crippen LogP contribution < -0.4 is 16.4 Å². The van der Waals surface area contributed by atoms with Gasteiger partial charge in [0.1, 0.15) is 0 Å². The van der Waals surface area contributed by atoms with Crippen LogP contribution in [0.2, 0.25) is 0 Å². The van der Waals surface area contributed by atoms with Gasteiger partial charge in [-0.2, -0.15) is 0 Å². The van der Waals surface area contributed by atoms with E-state index in [0.29, 0.717) is 28.2 Å². The average Bonchev–Trinajstić information content (AvgIpc) is 3.04. The van der Waals surface area contributed by atoms with Gasteiger partial charge in [0.05, 0.1) is 17.0 Å². The molecule has 0 bridgehead atoms. The molecule has 8 heteroatoms. The van der Waals surface area contributed by atoms with Crippen molar-refractivity contribution < 1.29 is 9.59 Å². The van der Waals surface area contributed by atoms with Crippen molar-refractivity contribution in [1.29, 1.82) is 0 Å². The molecule has 2 amide bonds. The predicted molar refractivity (Wildman–Crippen MR) is 91.8 cm³/mol. The number of nitrogens with two attached hydrogens (primary N) is 1. The third kappa shape index (κ3) is 4.37. The highest BCUT2D eigenvalue weighted by atomic mass is 32.1. The monoisotopic (exact) mass is 350 g/mol. The standard InChI is InChI=1S/C15H18N4O2S2/c16-7-11(9-3-4-9)18-13(20)6-10-8-23-15(17-10)19-14(21)12-2-1-5-22-12/h1-2,5,8-9,11H,3-4,6-7,16H2,(H,18,20)(H,17,19,21). The molecule has 122 valence electrons. The summed E-state index contributed by atoms with van der Waals surface area (Å²) >= 11 is 2.69. The third-order valence-corrected chi connectivity index (χ3v) is 5.33.